The number of carbonyl (C=O) groups excluding carboxylic acids is 3. The number of rotatable bonds is 24. The minimum atomic E-state index is -0.358. The first-order chi connectivity index (χ1) is 60.7. The first-order valence-corrected chi connectivity index (χ1v) is 44.4. The van der Waals surface area contributed by atoms with Crippen molar-refractivity contribution in [3.8, 4) is 30.2 Å². The Morgan fingerprint density at radius 3 is 1.46 bits per heavy atom. The molecule has 7 atom stereocenters. The van der Waals surface area contributed by atoms with E-state index in [0.29, 0.717) is 148 Å². The Morgan fingerprint density at radius 1 is 0.468 bits per heavy atom. The van der Waals surface area contributed by atoms with E-state index in [9.17, 15) is 30.2 Å². The average Bonchev–Trinajstić information content (AvgIpc) is 1.32. The number of nitrogens with one attached hydrogen (secondary N) is 1. The summed E-state index contributed by atoms with van der Waals surface area (Å²) in [4.78, 5) is 98.1. The molecule has 6 aromatic carbocycles. The van der Waals surface area contributed by atoms with E-state index in [1.54, 1.807) is 14.7 Å². The maximum atomic E-state index is 13.3. The number of anilines is 7. The van der Waals surface area contributed by atoms with Gasteiger partial charge in [-0.3, -0.25) is 19.3 Å². The van der Waals surface area contributed by atoms with E-state index in [0.717, 1.165) is 135 Å². The Kier molecular flexibility index (Phi) is 24.3. The van der Waals surface area contributed by atoms with Crippen molar-refractivity contribution in [1.82, 2.24) is 59.3 Å². The largest absolute Gasteiger partial charge is 0.463 e. The van der Waals surface area contributed by atoms with Gasteiger partial charge in [0.2, 0.25) is 23.7 Å². The molecule has 0 radical (unpaired) electrons. The van der Waals surface area contributed by atoms with Crippen LogP contribution in [0.15, 0.2) is 153 Å². The van der Waals surface area contributed by atoms with Crippen LogP contribution in [-0.2, 0) is 53.3 Å². The number of benzene rings is 6. The molecule has 6 fully saturated rings. The average molecular weight is 1660 g/mol. The van der Waals surface area contributed by atoms with Gasteiger partial charge in [-0.05, 0) is 148 Å². The number of aromatic nitrogens is 6. The van der Waals surface area contributed by atoms with Crippen molar-refractivity contribution in [3.63, 3.8) is 0 Å². The SMILES string of the molecule is C=CC(=O)N1CCN(c2nc(NC[C@@H]3CC(c4cc(N5CCc6c(nc(OCCN7CCCC(c8cc(N9CCc%10c(nc(OC[C@@H]%11CCN(C)C%11)nc%10N%10CCN(C(=O)C=C)[C@@H](CC#N)C%10)C9)c9ccccc9c8)C7)nc6N6CCN(C(=O)C=C)[C@@H](CC#N)C6)C5)c5ccccc5c4)CN3C)nc3c2CCN(c2cccc4ccccc24)C3)C[C@@H]1CC#N. The number of piperazine rings is 3. The summed E-state index contributed by atoms with van der Waals surface area (Å²) in [6.07, 6.45) is 10.8. The fourth-order valence-corrected chi connectivity index (χ4v) is 21.0. The van der Waals surface area contributed by atoms with Gasteiger partial charge >= 0.3 is 12.0 Å². The van der Waals surface area contributed by atoms with Crippen LogP contribution in [0, 0.1) is 39.9 Å². The molecule has 3 aromatic heterocycles. The molecule has 124 heavy (non-hydrogen) atoms. The van der Waals surface area contributed by atoms with Crippen molar-refractivity contribution in [3.05, 3.63) is 198 Å². The summed E-state index contributed by atoms with van der Waals surface area (Å²) >= 11 is 0. The summed E-state index contributed by atoms with van der Waals surface area (Å²) in [5.74, 6) is 3.40. The summed E-state index contributed by atoms with van der Waals surface area (Å²) in [6, 6.07) is 49.0. The number of hydrogen-bond donors (Lipinski definition) is 1. The van der Waals surface area contributed by atoms with E-state index in [4.69, 9.17) is 39.4 Å². The minimum Gasteiger partial charge on any atom is -0.463 e. The Morgan fingerprint density at radius 2 is 0.944 bits per heavy atom. The molecule has 0 saturated carbocycles. The van der Waals surface area contributed by atoms with E-state index in [2.05, 4.69) is 217 Å². The molecule has 9 aliphatic heterocycles. The molecule has 0 aliphatic carbocycles. The third-order valence-corrected chi connectivity index (χ3v) is 27.5. The van der Waals surface area contributed by atoms with Crippen molar-refractivity contribution < 1.29 is 23.9 Å². The second kappa shape index (κ2) is 36.5. The number of amides is 3. The molecule has 638 valence electrons. The quantitative estimate of drug-likeness (QED) is 0.0551. The van der Waals surface area contributed by atoms with Crippen molar-refractivity contribution in [2.45, 2.75) is 120 Å². The first-order valence-electron chi connectivity index (χ1n) is 44.4. The fourth-order valence-electron chi connectivity index (χ4n) is 21.0. The lowest BCUT2D eigenvalue weighted by Crippen LogP contribution is -2.55. The smallest absolute Gasteiger partial charge is 0.318 e. The van der Waals surface area contributed by atoms with Crippen molar-refractivity contribution in [1.29, 1.82) is 15.8 Å². The molecule has 0 spiro atoms. The zero-order chi connectivity index (χ0) is 85.1. The molecule has 12 heterocycles. The van der Waals surface area contributed by atoms with E-state index in [1.165, 1.54) is 73.0 Å². The number of likely N-dealkylation sites (tertiary alicyclic amines) is 3. The lowest BCUT2D eigenvalue weighted by molar-refractivity contribution is -0.129. The number of nitriles is 3. The van der Waals surface area contributed by atoms with Crippen LogP contribution in [0.2, 0.25) is 0 Å². The highest BCUT2D eigenvalue weighted by molar-refractivity contribution is 5.98. The second-order valence-corrected chi connectivity index (χ2v) is 35.1. The lowest BCUT2D eigenvalue weighted by Gasteiger charge is -2.42. The maximum Gasteiger partial charge on any atom is 0.318 e. The van der Waals surface area contributed by atoms with E-state index in [-0.39, 0.29) is 73.0 Å². The van der Waals surface area contributed by atoms with Gasteiger partial charge in [-0.15, -0.1) is 0 Å². The fraction of sp³-hybridized carbons (Fsp3) is 0.443. The number of piperidine rings is 1. The number of ether oxygens (including phenoxy) is 2. The minimum absolute atomic E-state index is 0.157. The van der Waals surface area contributed by atoms with E-state index < -0.39 is 0 Å². The Hall–Kier alpha value is -12.5. The molecule has 9 aromatic rings. The highest BCUT2D eigenvalue weighted by Gasteiger charge is 2.40. The molecular formula is C97H110N22O5. The molecule has 2 unspecified atom stereocenters. The zero-order valence-electron chi connectivity index (χ0n) is 71.3. The first kappa shape index (κ1) is 82.5. The van der Waals surface area contributed by atoms with Crippen LogP contribution < -0.4 is 44.2 Å². The van der Waals surface area contributed by atoms with Crippen LogP contribution in [-0.4, -0.2) is 253 Å². The summed E-state index contributed by atoms with van der Waals surface area (Å²) < 4.78 is 13.4. The predicted octanol–water partition coefficient (Wildman–Crippen LogP) is 11.0. The zero-order valence-corrected chi connectivity index (χ0v) is 71.3. The number of fused-ring (bicyclic) bond motifs is 6. The van der Waals surface area contributed by atoms with Gasteiger partial charge < -0.3 is 68.7 Å². The molecule has 1 N–H and O–H groups in total. The normalized spacial score (nSPS) is 22.0. The Labute approximate surface area is 726 Å². The van der Waals surface area contributed by atoms with Crippen LogP contribution in [0.3, 0.4) is 0 Å². The lowest BCUT2D eigenvalue weighted by atomic mass is 9.88. The Balaban J connectivity index is 0.583. The third kappa shape index (κ3) is 17.1. The highest BCUT2D eigenvalue weighted by atomic mass is 16.5. The van der Waals surface area contributed by atoms with Crippen LogP contribution in [0.1, 0.15) is 102 Å². The molecule has 18 rings (SSSR count). The van der Waals surface area contributed by atoms with Gasteiger partial charge in [-0.25, -0.2) is 4.98 Å². The van der Waals surface area contributed by atoms with Gasteiger partial charge in [0.25, 0.3) is 0 Å². The molecule has 6 saturated heterocycles. The van der Waals surface area contributed by atoms with Crippen LogP contribution >= 0.6 is 0 Å². The van der Waals surface area contributed by atoms with Crippen LogP contribution in [0.4, 0.5) is 40.5 Å². The van der Waals surface area contributed by atoms with Crippen molar-refractivity contribution in [2.75, 3.05) is 186 Å². The van der Waals surface area contributed by atoms with Gasteiger partial charge in [0.15, 0.2) is 0 Å². The summed E-state index contributed by atoms with van der Waals surface area (Å²) in [5.41, 5.74) is 12.1. The van der Waals surface area contributed by atoms with Gasteiger partial charge in [-0.2, -0.15) is 40.7 Å². The molecule has 0 bridgehead atoms. The summed E-state index contributed by atoms with van der Waals surface area (Å²) in [5, 5.41) is 41.0. The number of likely N-dealkylation sites (N-methyl/N-ethyl adjacent to an activating group) is 1. The number of hydrogen-bond acceptors (Lipinski definition) is 24. The predicted molar refractivity (Wildman–Crippen MR) is 484 cm³/mol. The van der Waals surface area contributed by atoms with Gasteiger partial charge in [0.1, 0.15) is 24.1 Å². The topological polar surface area (TPSA) is 269 Å². The van der Waals surface area contributed by atoms with Gasteiger partial charge in [0, 0.05) is 173 Å². The monoisotopic (exact) mass is 1660 g/mol. The summed E-state index contributed by atoms with van der Waals surface area (Å²) in [6.45, 7) is 26.5. The van der Waals surface area contributed by atoms with Crippen molar-refractivity contribution >= 4 is 90.5 Å². The third-order valence-electron chi connectivity index (χ3n) is 27.5. The number of nitrogens with zero attached hydrogens (tertiary/aromatic N) is 21. The van der Waals surface area contributed by atoms with E-state index in [1.807, 2.05) is 0 Å². The maximum absolute atomic E-state index is 13.3. The highest BCUT2D eigenvalue weighted by Crippen LogP contribution is 2.44. The van der Waals surface area contributed by atoms with Crippen LogP contribution in [0.5, 0.6) is 12.0 Å². The van der Waals surface area contributed by atoms with Gasteiger partial charge in [-0.1, -0.05) is 117 Å². The van der Waals surface area contributed by atoms with Gasteiger partial charge in [0.05, 0.1) is 98.9 Å². The molecular weight excluding hydrogens is 1550 g/mol. The standard InChI is InChI=1S/C97H110N22O5/c1-6-89(120)117-44-41-114(58-73(117)26-33-98)92-80-30-38-111(86-25-15-20-66-17-9-12-22-77(66)86)61-83(80)102-95(105-92)101-54-76-51-72(56-109(76)5)71-50-68-19-11-14-24-79(68)88(53-71)113-40-31-81-84(62-113)103-96(106-93(81)115-42-45-118(90(121)7-2)74(59-115)27-34-99)123-48-47-110-36-16-21-69(57-110)70-49-67-18-10-13-23-78(67)87(52-70)112-39-32-82-85(63-112)104-97(124-64-65-29-37-108(4)55-65)107-94(82)116-43-46-119(91(122)8-3)75(60-116)28-35-100/h6-15,17-20,22-25,49-50,52-53,65,69,72-76H,1-3,16,21,26-32,36-48,51,54-64H2,4-5H3,(H,101,102,105)/t65-,69?,72?,73+,74+,75+,76+/m1/s1. The molecule has 3 amide bonds. The van der Waals surface area contributed by atoms with Crippen LogP contribution in [0.25, 0.3) is 32.3 Å². The Bertz CT molecular complexity index is 5700. The summed E-state index contributed by atoms with van der Waals surface area (Å²) in [7, 11) is 4.37. The van der Waals surface area contributed by atoms with Crippen molar-refractivity contribution in [2.24, 2.45) is 5.92 Å². The molecule has 27 nitrogen and oxygen atoms in total. The van der Waals surface area contributed by atoms with E-state index >= 15 is 0 Å². The number of carbonyl (C=O) groups is 3. The second-order valence-electron chi connectivity index (χ2n) is 35.1. The molecule has 27 heteroatoms. The molecule has 9 aliphatic rings.